The van der Waals surface area contributed by atoms with Crippen LogP contribution in [0.5, 0.6) is 0 Å². The minimum Gasteiger partial charge on any atom is -0.459 e. The van der Waals surface area contributed by atoms with E-state index in [1.54, 1.807) is 12.1 Å². The van der Waals surface area contributed by atoms with Gasteiger partial charge >= 0.3 is 0 Å². The summed E-state index contributed by atoms with van der Waals surface area (Å²) in [7, 11) is 0. The number of ether oxygens (including phenoxy) is 1. The largest absolute Gasteiger partial charge is 0.459 e. The van der Waals surface area contributed by atoms with Gasteiger partial charge in [0.2, 0.25) is 0 Å². The van der Waals surface area contributed by atoms with Gasteiger partial charge in [-0.05, 0) is 36.8 Å². The topological polar surface area (TPSA) is 73.6 Å². The lowest BCUT2D eigenvalue weighted by molar-refractivity contribution is 0.0657. The maximum absolute atomic E-state index is 12.5. The number of hydrogen-bond donors (Lipinski definition) is 1. The van der Waals surface area contributed by atoms with Crippen LogP contribution in [0.15, 0.2) is 52.1 Å². The van der Waals surface area contributed by atoms with Crippen molar-refractivity contribution in [3.8, 4) is 0 Å². The molecule has 2 saturated heterocycles. The third-order valence-corrected chi connectivity index (χ3v) is 5.66. The Balaban J connectivity index is 1.33. The average Bonchev–Trinajstić information content (AvgIpc) is 3.37. The monoisotopic (exact) mass is 425 g/mol. The molecule has 0 bridgehead atoms. The predicted molar refractivity (Wildman–Crippen MR) is 120 cm³/mol. The molecule has 166 valence electrons. The quantitative estimate of drug-likeness (QED) is 0.584. The summed E-state index contributed by atoms with van der Waals surface area (Å²) < 4.78 is 10.7. The van der Waals surface area contributed by atoms with Crippen LogP contribution in [0.2, 0.25) is 0 Å². The second kappa shape index (κ2) is 10.3. The maximum atomic E-state index is 12.5. The first-order chi connectivity index (χ1) is 15.2. The summed E-state index contributed by atoms with van der Waals surface area (Å²) in [4.78, 5) is 23.7. The van der Waals surface area contributed by atoms with E-state index in [2.05, 4.69) is 46.3 Å². The summed E-state index contributed by atoms with van der Waals surface area (Å²) in [6.45, 7) is 9.75. The molecule has 8 heteroatoms. The van der Waals surface area contributed by atoms with E-state index >= 15 is 0 Å². The number of piperazine rings is 1. The summed E-state index contributed by atoms with van der Waals surface area (Å²) in [6.07, 6.45) is 1.53. The van der Waals surface area contributed by atoms with Crippen LogP contribution in [-0.4, -0.2) is 80.7 Å². The molecule has 3 heterocycles. The third kappa shape index (κ3) is 5.38. The number of furan rings is 1. The fourth-order valence-corrected chi connectivity index (χ4v) is 3.90. The molecular weight excluding hydrogens is 394 g/mol. The van der Waals surface area contributed by atoms with Crippen molar-refractivity contribution in [3.05, 3.63) is 54.0 Å². The number of nitrogens with zero attached hydrogens (tertiary/aromatic N) is 4. The second-order valence-electron chi connectivity index (χ2n) is 7.69. The zero-order chi connectivity index (χ0) is 21.5. The Labute approximate surface area is 183 Å². The van der Waals surface area contributed by atoms with E-state index in [9.17, 15) is 4.79 Å². The second-order valence-corrected chi connectivity index (χ2v) is 7.69. The number of benzene rings is 1. The number of carbonyl (C=O) groups excluding carboxylic acids is 1. The molecule has 1 aromatic heterocycles. The van der Waals surface area contributed by atoms with Crippen LogP contribution in [0, 0.1) is 0 Å². The first-order valence-corrected chi connectivity index (χ1v) is 11.0. The van der Waals surface area contributed by atoms with Crippen molar-refractivity contribution in [2.24, 2.45) is 4.99 Å². The molecule has 2 aromatic rings. The molecule has 2 aliphatic rings. The van der Waals surface area contributed by atoms with Gasteiger partial charge in [-0.15, -0.1) is 0 Å². The summed E-state index contributed by atoms with van der Waals surface area (Å²) in [6, 6.07) is 12.1. The van der Waals surface area contributed by atoms with E-state index in [0.29, 0.717) is 25.4 Å². The van der Waals surface area contributed by atoms with Gasteiger partial charge < -0.3 is 29.2 Å². The average molecular weight is 426 g/mol. The molecule has 1 aromatic carbocycles. The molecule has 0 saturated carbocycles. The number of carbonyl (C=O) groups is 1. The van der Waals surface area contributed by atoms with Crippen LogP contribution in [0.4, 0.5) is 5.69 Å². The summed E-state index contributed by atoms with van der Waals surface area (Å²) in [5.74, 6) is 1.24. The highest BCUT2D eigenvalue weighted by Gasteiger charge is 2.25. The number of rotatable bonds is 5. The molecule has 0 spiro atoms. The summed E-state index contributed by atoms with van der Waals surface area (Å²) in [5, 5.41) is 3.39. The lowest BCUT2D eigenvalue weighted by Gasteiger charge is -2.36. The number of amides is 1. The Kier molecular flexibility index (Phi) is 7.09. The molecule has 8 nitrogen and oxygen atoms in total. The normalized spacial score (nSPS) is 17.7. The number of nitrogens with one attached hydrogen (secondary N) is 1. The van der Waals surface area contributed by atoms with Gasteiger partial charge in [0.1, 0.15) is 0 Å². The lowest BCUT2D eigenvalue weighted by atomic mass is 10.2. The molecule has 0 unspecified atom stereocenters. The molecule has 4 rings (SSSR count). The first-order valence-electron chi connectivity index (χ1n) is 11.0. The number of anilines is 1. The molecule has 1 N–H and O–H groups in total. The molecule has 2 aliphatic heterocycles. The number of hydrogen-bond acceptors (Lipinski definition) is 5. The Morgan fingerprint density at radius 3 is 2.35 bits per heavy atom. The van der Waals surface area contributed by atoms with E-state index in [0.717, 1.165) is 51.9 Å². The van der Waals surface area contributed by atoms with Gasteiger partial charge in [0.15, 0.2) is 11.7 Å². The van der Waals surface area contributed by atoms with Gasteiger partial charge in [-0.2, -0.15) is 0 Å². The van der Waals surface area contributed by atoms with E-state index in [-0.39, 0.29) is 5.91 Å². The van der Waals surface area contributed by atoms with Crippen LogP contribution >= 0.6 is 0 Å². The van der Waals surface area contributed by atoms with Crippen molar-refractivity contribution >= 4 is 17.6 Å². The number of morpholine rings is 1. The molecule has 31 heavy (non-hydrogen) atoms. The zero-order valence-electron chi connectivity index (χ0n) is 18.1. The minimum atomic E-state index is -0.0491. The standard InChI is InChI=1S/C23H31N5O3/c1-2-24-23(28-11-9-27(10-12-28)22(29)21-4-3-15-31-21)25-18-19-5-7-20(8-6-19)26-13-16-30-17-14-26/h3-8,15H,2,9-14,16-18H2,1H3,(H,24,25). The molecule has 0 atom stereocenters. The summed E-state index contributed by atoms with van der Waals surface area (Å²) in [5.41, 5.74) is 2.42. The SMILES string of the molecule is CCNC(=NCc1ccc(N2CCOCC2)cc1)N1CCN(C(=O)c2ccco2)CC1. The van der Waals surface area contributed by atoms with Crippen molar-refractivity contribution < 1.29 is 13.9 Å². The van der Waals surface area contributed by atoms with Gasteiger partial charge in [0, 0.05) is 51.5 Å². The molecule has 0 radical (unpaired) electrons. The third-order valence-electron chi connectivity index (χ3n) is 5.66. The lowest BCUT2D eigenvalue weighted by Crippen LogP contribution is -2.53. The maximum Gasteiger partial charge on any atom is 0.289 e. The van der Waals surface area contributed by atoms with E-state index < -0.39 is 0 Å². The Hall–Kier alpha value is -3.00. The van der Waals surface area contributed by atoms with Crippen LogP contribution in [0.3, 0.4) is 0 Å². The number of guanidine groups is 1. The fraction of sp³-hybridized carbons (Fsp3) is 0.478. The molecule has 2 fully saturated rings. The molecule has 0 aliphatic carbocycles. The highest BCUT2D eigenvalue weighted by atomic mass is 16.5. The van der Waals surface area contributed by atoms with Gasteiger partial charge in [-0.1, -0.05) is 12.1 Å². The molecule has 1 amide bonds. The first kappa shape index (κ1) is 21.2. The van der Waals surface area contributed by atoms with Crippen LogP contribution < -0.4 is 10.2 Å². The number of aliphatic imine (C=N–C) groups is 1. The fourth-order valence-electron chi connectivity index (χ4n) is 3.90. The van der Waals surface area contributed by atoms with E-state index in [4.69, 9.17) is 14.1 Å². The van der Waals surface area contributed by atoms with Gasteiger partial charge in [0.05, 0.1) is 26.0 Å². The van der Waals surface area contributed by atoms with Crippen LogP contribution in [-0.2, 0) is 11.3 Å². The van der Waals surface area contributed by atoms with Crippen molar-refractivity contribution in [3.63, 3.8) is 0 Å². The van der Waals surface area contributed by atoms with Crippen molar-refractivity contribution in [1.82, 2.24) is 15.1 Å². The summed E-state index contributed by atoms with van der Waals surface area (Å²) >= 11 is 0. The smallest absolute Gasteiger partial charge is 0.289 e. The predicted octanol–water partition coefficient (Wildman–Crippen LogP) is 2.04. The van der Waals surface area contributed by atoms with Gasteiger partial charge in [0.25, 0.3) is 5.91 Å². The van der Waals surface area contributed by atoms with Crippen LogP contribution in [0.25, 0.3) is 0 Å². The Bertz CT molecular complexity index is 852. The van der Waals surface area contributed by atoms with Gasteiger partial charge in [-0.3, -0.25) is 4.79 Å². The highest BCUT2D eigenvalue weighted by Crippen LogP contribution is 2.17. The Morgan fingerprint density at radius 1 is 1.00 bits per heavy atom. The van der Waals surface area contributed by atoms with E-state index in [1.165, 1.54) is 17.5 Å². The van der Waals surface area contributed by atoms with Gasteiger partial charge in [-0.25, -0.2) is 4.99 Å². The zero-order valence-corrected chi connectivity index (χ0v) is 18.1. The Morgan fingerprint density at radius 2 is 1.71 bits per heavy atom. The highest BCUT2D eigenvalue weighted by molar-refractivity contribution is 5.91. The van der Waals surface area contributed by atoms with Crippen molar-refractivity contribution in [2.45, 2.75) is 13.5 Å². The molecular formula is C23H31N5O3. The van der Waals surface area contributed by atoms with Crippen LogP contribution in [0.1, 0.15) is 23.0 Å². The minimum absolute atomic E-state index is 0.0491. The van der Waals surface area contributed by atoms with Crippen molar-refractivity contribution in [2.75, 3.05) is 63.9 Å². The van der Waals surface area contributed by atoms with Crippen molar-refractivity contribution in [1.29, 1.82) is 0 Å². The van der Waals surface area contributed by atoms with E-state index in [1.807, 2.05) is 4.90 Å².